The fourth-order valence-corrected chi connectivity index (χ4v) is 5.60. The van der Waals surface area contributed by atoms with Crippen LogP contribution in [-0.4, -0.2) is 54.7 Å². The lowest BCUT2D eigenvalue weighted by Gasteiger charge is -2.42. The molecule has 1 saturated heterocycles. The minimum absolute atomic E-state index is 0.0509. The van der Waals surface area contributed by atoms with E-state index in [1.807, 2.05) is 6.07 Å². The molecular weight excluding hydrogens is 477 g/mol. The molecule has 2 atom stereocenters. The lowest BCUT2D eigenvalue weighted by atomic mass is 9.70. The third-order valence-corrected chi connectivity index (χ3v) is 7.86. The molecule has 1 saturated carbocycles. The van der Waals surface area contributed by atoms with Crippen LogP contribution < -0.4 is 4.74 Å². The van der Waals surface area contributed by atoms with Gasteiger partial charge in [0.2, 0.25) is 0 Å². The van der Waals surface area contributed by atoms with Gasteiger partial charge < -0.3 is 19.6 Å². The van der Waals surface area contributed by atoms with Gasteiger partial charge in [-0.25, -0.2) is 0 Å². The number of rotatable bonds is 7. The Labute approximate surface area is 210 Å². The summed E-state index contributed by atoms with van der Waals surface area (Å²) >= 11 is 6.50. The quantitative estimate of drug-likeness (QED) is 0.499. The van der Waals surface area contributed by atoms with Gasteiger partial charge in [-0.05, 0) is 62.5 Å². The van der Waals surface area contributed by atoms with Gasteiger partial charge in [-0.2, -0.15) is 13.2 Å². The van der Waals surface area contributed by atoms with E-state index in [0.717, 1.165) is 70.0 Å². The van der Waals surface area contributed by atoms with Crippen molar-refractivity contribution in [2.45, 2.75) is 50.5 Å². The van der Waals surface area contributed by atoms with E-state index >= 15 is 0 Å². The zero-order valence-corrected chi connectivity index (χ0v) is 20.9. The molecule has 35 heavy (non-hydrogen) atoms. The number of aliphatic hydroxyl groups is 1. The summed E-state index contributed by atoms with van der Waals surface area (Å²) in [5.74, 6) is 0.443. The second-order valence-corrected chi connectivity index (χ2v) is 10.3. The highest BCUT2D eigenvalue weighted by molar-refractivity contribution is 6.32. The maximum Gasteiger partial charge on any atom is 0.416 e. The van der Waals surface area contributed by atoms with E-state index in [-0.39, 0.29) is 18.1 Å². The first-order chi connectivity index (χ1) is 16.7. The van der Waals surface area contributed by atoms with Crippen LogP contribution in [0.1, 0.15) is 48.8 Å². The smallest absolute Gasteiger partial charge is 0.416 e. The summed E-state index contributed by atoms with van der Waals surface area (Å²) in [6, 6.07) is 10.6. The minimum atomic E-state index is -4.45. The first kappa shape index (κ1) is 26.3. The summed E-state index contributed by atoms with van der Waals surface area (Å²) in [6.45, 7) is 4.97. The van der Waals surface area contributed by atoms with Crippen molar-refractivity contribution in [3.05, 3.63) is 64.2 Å². The van der Waals surface area contributed by atoms with Crippen molar-refractivity contribution in [3.8, 4) is 5.75 Å². The largest absolute Gasteiger partial charge is 0.487 e. The maximum atomic E-state index is 13.3. The van der Waals surface area contributed by atoms with Gasteiger partial charge in [-0.15, -0.1) is 0 Å². The van der Waals surface area contributed by atoms with Crippen LogP contribution in [0.15, 0.2) is 42.5 Å². The molecule has 1 aliphatic carbocycles. The number of hydrogen-bond acceptors (Lipinski definition) is 4. The average molecular weight is 511 g/mol. The molecule has 1 aliphatic heterocycles. The molecule has 2 unspecified atom stereocenters. The number of ether oxygens (including phenoxy) is 1. The highest BCUT2D eigenvalue weighted by Gasteiger charge is 2.40. The molecule has 0 bridgehead atoms. The Balaban J connectivity index is 1.44. The fourth-order valence-electron chi connectivity index (χ4n) is 5.37. The van der Waals surface area contributed by atoms with Gasteiger partial charge in [-0.1, -0.05) is 48.7 Å². The molecule has 8 heteroatoms. The standard InChI is InChI=1S/C27H34ClF3N2O2/c1-32-14-16-33(17-15-32)13-11-21-7-4-5-12-26(21,34)22-9-10-25(24(28)18-22)35-19-20-6-2-3-8-23(20)27(29,30)31/h2-3,6,8-10,18,21,34H,4-5,7,11-17,19H2,1H3. The van der Waals surface area contributed by atoms with Gasteiger partial charge in [0.15, 0.2) is 0 Å². The average Bonchev–Trinajstić information content (AvgIpc) is 2.83. The van der Waals surface area contributed by atoms with Gasteiger partial charge in [0.25, 0.3) is 0 Å². The molecule has 192 valence electrons. The Morgan fingerprint density at radius 3 is 2.54 bits per heavy atom. The van der Waals surface area contributed by atoms with Crippen molar-refractivity contribution in [3.63, 3.8) is 0 Å². The lowest BCUT2D eigenvalue weighted by Crippen LogP contribution is -2.46. The number of likely N-dealkylation sites (N-methyl/N-ethyl adjacent to an activating group) is 1. The van der Waals surface area contributed by atoms with Crippen LogP contribution in [0.3, 0.4) is 0 Å². The Morgan fingerprint density at radius 1 is 1.09 bits per heavy atom. The summed E-state index contributed by atoms with van der Waals surface area (Å²) in [7, 11) is 2.14. The first-order valence-corrected chi connectivity index (χ1v) is 12.8. The number of alkyl halides is 3. The third kappa shape index (κ3) is 6.31. The molecule has 2 aliphatic rings. The van der Waals surface area contributed by atoms with Gasteiger partial charge in [0, 0.05) is 31.7 Å². The highest BCUT2D eigenvalue weighted by atomic mass is 35.5. The molecule has 4 nitrogen and oxygen atoms in total. The number of hydrogen-bond donors (Lipinski definition) is 1. The van der Waals surface area contributed by atoms with Gasteiger partial charge in [0.1, 0.15) is 12.4 Å². The van der Waals surface area contributed by atoms with E-state index in [1.54, 1.807) is 18.2 Å². The van der Waals surface area contributed by atoms with Gasteiger partial charge in [-0.3, -0.25) is 0 Å². The second kappa shape index (κ2) is 11.1. The summed E-state index contributed by atoms with van der Waals surface area (Å²) in [5, 5.41) is 12.1. The van der Waals surface area contributed by atoms with Crippen molar-refractivity contribution < 1.29 is 23.0 Å². The van der Waals surface area contributed by atoms with Crippen molar-refractivity contribution in [2.24, 2.45) is 5.92 Å². The molecule has 4 rings (SSSR count). The Kier molecular flexibility index (Phi) is 8.31. The third-order valence-electron chi connectivity index (χ3n) is 7.56. The van der Waals surface area contributed by atoms with Crippen LogP contribution in [0.25, 0.3) is 0 Å². The zero-order chi connectivity index (χ0) is 25.1. The summed E-state index contributed by atoms with van der Waals surface area (Å²) in [5.41, 5.74) is -0.869. The number of nitrogens with zero attached hydrogens (tertiary/aromatic N) is 2. The van der Waals surface area contributed by atoms with Crippen molar-refractivity contribution in [1.82, 2.24) is 9.80 Å². The van der Waals surface area contributed by atoms with Crippen LogP contribution in [0.4, 0.5) is 13.2 Å². The molecular formula is C27H34ClF3N2O2. The summed E-state index contributed by atoms with van der Waals surface area (Å²) in [6.07, 6.45) is 0.167. The van der Waals surface area contributed by atoms with Gasteiger partial charge in [0.05, 0.1) is 16.2 Å². The zero-order valence-electron chi connectivity index (χ0n) is 20.2. The molecule has 0 amide bonds. The first-order valence-electron chi connectivity index (χ1n) is 12.4. The maximum absolute atomic E-state index is 13.3. The lowest BCUT2D eigenvalue weighted by molar-refractivity contribution is -0.138. The molecule has 0 spiro atoms. The van der Waals surface area contributed by atoms with E-state index in [0.29, 0.717) is 17.2 Å². The molecule has 1 N–H and O–H groups in total. The topological polar surface area (TPSA) is 35.9 Å². The molecule has 0 aromatic heterocycles. The van der Waals surface area contributed by atoms with Crippen molar-refractivity contribution >= 4 is 11.6 Å². The number of piperazine rings is 1. The van der Waals surface area contributed by atoms with Crippen LogP contribution >= 0.6 is 11.6 Å². The molecule has 2 aromatic carbocycles. The van der Waals surface area contributed by atoms with E-state index in [4.69, 9.17) is 16.3 Å². The molecule has 0 radical (unpaired) electrons. The van der Waals surface area contributed by atoms with E-state index in [9.17, 15) is 18.3 Å². The normalized spacial score (nSPS) is 24.5. The van der Waals surface area contributed by atoms with Crippen LogP contribution in [0.2, 0.25) is 5.02 Å². The Morgan fingerprint density at radius 2 is 1.83 bits per heavy atom. The monoisotopic (exact) mass is 510 g/mol. The van der Waals surface area contributed by atoms with Crippen LogP contribution in [-0.2, 0) is 18.4 Å². The summed E-state index contributed by atoms with van der Waals surface area (Å²) in [4.78, 5) is 4.80. The van der Waals surface area contributed by atoms with Gasteiger partial charge >= 0.3 is 6.18 Å². The Hall–Kier alpha value is -1.80. The van der Waals surface area contributed by atoms with Crippen LogP contribution in [0.5, 0.6) is 5.75 Å². The van der Waals surface area contributed by atoms with Crippen LogP contribution in [0, 0.1) is 5.92 Å². The molecule has 1 heterocycles. The SMILES string of the molecule is CN1CCN(CCC2CCCCC2(O)c2ccc(OCc3ccccc3C(F)(F)F)c(Cl)c2)CC1. The van der Waals surface area contributed by atoms with E-state index in [2.05, 4.69) is 16.8 Å². The predicted molar refractivity (Wildman–Crippen MR) is 132 cm³/mol. The van der Waals surface area contributed by atoms with E-state index in [1.165, 1.54) is 12.1 Å². The molecule has 2 aromatic rings. The predicted octanol–water partition coefficient (Wildman–Crippen LogP) is 5.95. The molecule has 2 fully saturated rings. The highest BCUT2D eigenvalue weighted by Crippen LogP contribution is 2.45. The number of benzene rings is 2. The Bertz CT molecular complexity index is 995. The summed E-state index contributed by atoms with van der Waals surface area (Å²) < 4.78 is 45.5. The van der Waals surface area contributed by atoms with E-state index < -0.39 is 17.3 Å². The number of halogens is 4. The second-order valence-electron chi connectivity index (χ2n) is 9.89. The van der Waals surface area contributed by atoms with Crippen molar-refractivity contribution in [1.29, 1.82) is 0 Å². The minimum Gasteiger partial charge on any atom is -0.487 e. The van der Waals surface area contributed by atoms with Crippen molar-refractivity contribution in [2.75, 3.05) is 39.8 Å². The fraction of sp³-hybridized carbons (Fsp3) is 0.556.